The smallest absolute Gasteiger partial charge is 0.267 e. The third-order valence-electron chi connectivity index (χ3n) is 4.99. The molecule has 3 aromatic rings. The van der Waals surface area contributed by atoms with Crippen molar-refractivity contribution in [2.24, 2.45) is 0 Å². The molecule has 2 heterocycles. The van der Waals surface area contributed by atoms with Gasteiger partial charge in [0, 0.05) is 18.8 Å². The molecule has 156 valence electrons. The monoisotopic (exact) mass is 441 g/mol. The maximum absolute atomic E-state index is 13.4. The first-order valence-corrected chi connectivity index (χ1v) is 12.2. The van der Waals surface area contributed by atoms with Gasteiger partial charge in [0.15, 0.2) is 0 Å². The fourth-order valence-corrected chi connectivity index (χ4v) is 5.97. The van der Waals surface area contributed by atoms with Crippen LogP contribution in [0.3, 0.4) is 0 Å². The minimum atomic E-state index is -3.73. The number of benzene rings is 2. The molecule has 2 aromatic carbocycles. The molecule has 30 heavy (non-hydrogen) atoms. The van der Waals surface area contributed by atoms with Gasteiger partial charge < -0.3 is 10.6 Å². The van der Waals surface area contributed by atoms with Crippen molar-refractivity contribution < 1.29 is 13.2 Å². The van der Waals surface area contributed by atoms with E-state index in [4.69, 9.17) is 0 Å². The molecule has 0 bridgehead atoms. The average molecular weight is 442 g/mol. The van der Waals surface area contributed by atoms with Gasteiger partial charge in [0.2, 0.25) is 0 Å². The number of anilines is 3. The van der Waals surface area contributed by atoms with Crippen molar-refractivity contribution in [3.8, 4) is 0 Å². The van der Waals surface area contributed by atoms with Gasteiger partial charge in [-0.3, -0.25) is 9.10 Å². The fourth-order valence-electron chi connectivity index (χ4n) is 3.61. The van der Waals surface area contributed by atoms with Crippen LogP contribution in [-0.4, -0.2) is 27.4 Å². The second-order valence-corrected chi connectivity index (χ2v) is 9.76. The summed E-state index contributed by atoms with van der Waals surface area (Å²) < 4.78 is 28.2. The van der Waals surface area contributed by atoms with Crippen molar-refractivity contribution in [1.82, 2.24) is 0 Å². The van der Waals surface area contributed by atoms with E-state index < -0.39 is 10.0 Å². The number of para-hydroxylation sites is 1. The molecule has 0 fully saturated rings. The van der Waals surface area contributed by atoms with E-state index in [2.05, 4.69) is 10.6 Å². The highest BCUT2D eigenvalue weighted by Gasteiger charge is 2.29. The highest BCUT2D eigenvalue weighted by molar-refractivity contribution is 7.92. The van der Waals surface area contributed by atoms with Crippen LogP contribution in [0.25, 0.3) is 0 Å². The number of aryl methyl sites for hydroxylation is 1. The zero-order valence-electron chi connectivity index (χ0n) is 16.6. The van der Waals surface area contributed by atoms with E-state index in [9.17, 15) is 13.2 Å². The van der Waals surface area contributed by atoms with Crippen LogP contribution in [0.2, 0.25) is 0 Å². The quantitative estimate of drug-likeness (QED) is 0.587. The molecule has 8 heteroatoms. The zero-order chi connectivity index (χ0) is 21.1. The lowest BCUT2D eigenvalue weighted by Gasteiger charge is -2.30. The molecule has 6 nitrogen and oxygen atoms in total. The number of rotatable bonds is 6. The largest absolute Gasteiger partial charge is 0.384 e. The van der Waals surface area contributed by atoms with Crippen LogP contribution >= 0.6 is 11.3 Å². The molecule has 1 aliphatic rings. The van der Waals surface area contributed by atoms with Crippen LogP contribution in [0.5, 0.6) is 0 Å². The van der Waals surface area contributed by atoms with E-state index in [0.29, 0.717) is 23.7 Å². The molecule has 0 saturated heterocycles. The Morgan fingerprint density at radius 1 is 1.13 bits per heavy atom. The van der Waals surface area contributed by atoms with Crippen LogP contribution in [-0.2, 0) is 16.4 Å². The molecule has 0 unspecified atom stereocenters. The first-order chi connectivity index (χ1) is 14.5. The first kappa shape index (κ1) is 20.4. The number of fused-ring (bicyclic) bond motifs is 1. The van der Waals surface area contributed by atoms with Crippen LogP contribution in [0.1, 0.15) is 28.6 Å². The fraction of sp³-hybridized carbons (Fsp3) is 0.227. The minimum Gasteiger partial charge on any atom is -0.384 e. The van der Waals surface area contributed by atoms with Crippen LogP contribution in [0.15, 0.2) is 64.9 Å². The van der Waals surface area contributed by atoms with Crippen molar-refractivity contribution in [3.05, 3.63) is 70.4 Å². The highest BCUT2D eigenvalue weighted by atomic mass is 32.2. The topological polar surface area (TPSA) is 78.5 Å². The predicted octanol–water partition coefficient (Wildman–Crippen LogP) is 4.57. The lowest BCUT2D eigenvalue weighted by molar-refractivity contribution is 0.103. The van der Waals surface area contributed by atoms with Crippen molar-refractivity contribution in [1.29, 1.82) is 0 Å². The van der Waals surface area contributed by atoms with Crippen molar-refractivity contribution in [2.45, 2.75) is 24.7 Å². The Hall–Kier alpha value is -2.84. The number of nitrogens with one attached hydrogen (secondary N) is 2. The second-order valence-electron chi connectivity index (χ2n) is 6.99. The molecule has 0 atom stereocenters. The van der Waals surface area contributed by atoms with Gasteiger partial charge in [-0.05, 0) is 61.0 Å². The Bertz CT molecular complexity index is 1170. The van der Waals surface area contributed by atoms with Crippen molar-refractivity contribution in [2.75, 3.05) is 28.0 Å². The number of nitrogens with zero attached hydrogens (tertiary/aromatic N) is 1. The molecule has 0 radical (unpaired) electrons. The minimum absolute atomic E-state index is 0.162. The summed E-state index contributed by atoms with van der Waals surface area (Å²) >= 11 is 1.34. The van der Waals surface area contributed by atoms with E-state index >= 15 is 0 Å². The molecule has 1 aliphatic heterocycles. The lowest BCUT2D eigenvalue weighted by Crippen LogP contribution is -2.35. The first-order valence-electron chi connectivity index (χ1n) is 9.84. The Morgan fingerprint density at radius 3 is 2.80 bits per heavy atom. The number of carbonyl (C=O) groups is 1. The van der Waals surface area contributed by atoms with Gasteiger partial charge in [-0.2, -0.15) is 0 Å². The number of sulfonamides is 1. The maximum Gasteiger partial charge on any atom is 0.267 e. The summed E-state index contributed by atoms with van der Waals surface area (Å²) in [6, 6.07) is 15.9. The van der Waals surface area contributed by atoms with Crippen LogP contribution in [0.4, 0.5) is 17.1 Å². The summed E-state index contributed by atoms with van der Waals surface area (Å²) in [4.78, 5) is 13.4. The van der Waals surface area contributed by atoms with Gasteiger partial charge in [0.05, 0.1) is 16.3 Å². The Kier molecular flexibility index (Phi) is 5.78. The summed E-state index contributed by atoms with van der Waals surface area (Å²) in [6.45, 7) is 3.12. The molecule has 0 saturated carbocycles. The third-order valence-corrected chi connectivity index (χ3v) is 7.71. The summed E-state index contributed by atoms with van der Waals surface area (Å²) in [5.41, 5.74) is 2.98. The summed E-state index contributed by atoms with van der Waals surface area (Å²) in [5.74, 6) is -0.265. The standard InChI is InChI=1S/C22H23N3O3S2/c1-2-23-19-12-14-29-21(19)22(26)24-17-9-5-10-18(15-17)30(27,28)25-13-6-8-16-7-3-4-11-20(16)25/h3-5,7,9-12,14-15,23H,2,6,8,13H2,1H3,(H,24,26). The van der Waals surface area contributed by atoms with E-state index in [0.717, 1.165) is 29.8 Å². The maximum atomic E-state index is 13.4. The predicted molar refractivity (Wildman–Crippen MR) is 122 cm³/mol. The van der Waals surface area contributed by atoms with E-state index in [1.54, 1.807) is 18.2 Å². The van der Waals surface area contributed by atoms with E-state index in [1.807, 2.05) is 42.6 Å². The van der Waals surface area contributed by atoms with E-state index in [1.165, 1.54) is 21.7 Å². The number of hydrogen-bond acceptors (Lipinski definition) is 5. The Morgan fingerprint density at radius 2 is 1.97 bits per heavy atom. The molecular formula is C22H23N3O3S2. The van der Waals surface area contributed by atoms with E-state index in [-0.39, 0.29) is 10.8 Å². The normalized spacial score (nSPS) is 13.6. The SMILES string of the molecule is CCNc1ccsc1C(=O)Nc1cccc(S(=O)(=O)N2CCCc3ccccc32)c1. The van der Waals surface area contributed by atoms with Gasteiger partial charge in [0.1, 0.15) is 4.88 Å². The van der Waals surface area contributed by atoms with Gasteiger partial charge in [-0.25, -0.2) is 8.42 Å². The Balaban J connectivity index is 1.61. The molecule has 1 amide bonds. The average Bonchev–Trinajstić information content (AvgIpc) is 3.22. The molecular weight excluding hydrogens is 418 g/mol. The molecule has 0 aliphatic carbocycles. The number of carbonyl (C=O) groups excluding carboxylic acids is 1. The van der Waals surface area contributed by atoms with Crippen molar-refractivity contribution in [3.63, 3.8) is 0 Å². The number of amides is 1. The van der Waals surface area contributed by atoms with Gasteiger partial charge >= 0.3 is 0 Å². The molecule has 1 aromatic heterocycles. The lowest BCUT2D eigenvalue weighted by atomic mass is 10.0. The summed E-state index contributed by atoms with van der Waals surface area (Å²) in [6.07, 6.45) is 1.64. The van der Waals surface area contributed by atoms with Crippen molar-refractivity contribution >= 4 is 44.3 Å². The van der Waals surface area contributed by atoms with Gasteiger partial charge in [-0.15, -0.1) is 11.3 Å². The molecule has 4 rings (SSSR count). The number of thiophene rings is 1. The van der Waals surface area contributed by atoms with Crippen LogP contribution in [0, 0.1) is 0 Å². The zero-order valence-corrected chi connectivity index (χ0v) is 18.2. The molecule has 2 N–H and O–H groups in total. The van der Waals surface area contributed by atoms with Crippen LogP contribution < -0.4 is 14.9 Å². The number of hydrogen-bond donors (Lipinski definition) is 2. The highest BCUT2D eigenvalue weighted by Crippen LogP contribution is 2.32. The molecule has 0 spiro atoms. The van der Waals surface area contributed by atoms with Gasteiger partial charge in [-0.1, -0.05) is 24.3 Å². The second kappa shape index (κ2) is 8.49. The summed E-state index contributed by atoms with van der Waals surface area (Å²) in [7, 11) is -3.73. The summed E-state index contributed by atoms with van der Waals surface area (Å²) in [5, 5.41) is 7.83. The Labute approximate surface area is 180 Å². The third kappa shape index (κ3) is 3.93. The van der Waals surface area contributed by atoms with Gasteiger partial charge in [0.25, 0.3) is 15.9 Å².